The Morgan fingerprint density at radius 1 is 0.806 bits per heavy atom. The number of para-hydroxylation sites is 1. The number of anilines is 1. The van der Waals surface area contributed by atoms with E-state index >= 15 is 0 Å². The lowest BCUT2D eigenvalue weighted by Gasteiger charge is -2.09. The zero-order valence-corrected chi connectivity index (χ0v) is 19.9. The quantitative estimate of drug-likeness (QED) is 0.270. The Morgan fingerprint density at radius 2 is 1.53 bits per heavy atom. The molecule has 0 radical (unpaired) electrons. The third-order valence-corrected chi connectivity index (χ3v) is 6.16. The van der Waals surface area contributed by atoms with Crippen LogP contribution in [0.3, 0.4) is 0 Å². The van der Waals surface area contributed by atoms with E-state index in [-0.39, 0.29) is 17.6 Å². The molecule has 0 aliphatic heterocycles. The number of furan rings is 1. The average Bonchev–Trinajstić information content (AvgIpc) is 3.29. The number of carbonyl (C=O) groups excluding carboxylic acids is 2. The Kier molecular flexibility index (Phi) is 6.27. The van der Waals surface area contributed by atoms with Gasteiger partial charge in [0.25, 0.3) is 11.8 Å². The SMILES string of the molecule is CNC(=O)c1c(-c2ccc(F)cc2)oc2ccc(-c3cccc(C(=O)Nc4ccccc4Cl)c3)cc12. The fraction of sp³-hybridized carbons (Fsp3) is 0.0345. The Labute approximate surface area is 211 Å². The van der Waals surface area contributed by atoms with Crippen LogP contribution in [0.25, 0.3) is 33.4 Å². The van der Waals surface area contributed by atoms with Crippen molar-refractivity contribution < 1.29 is 18.4 Å². The molecule has 4 aromatic carbocycles. The fourth-order valence-electron chi connectivity index (χ4n) is 4.03. The summed E-state index contributed by atoms with van der Waals surface area (Å²) in [6.07, 6.45) is 0. The largest absolute Gasteiger partial charge is 0.455 e. The van der Waals surface area contributed by atoms with Crippen LogP contribution in [0.5, 0.6) is 0 Å². The van der Waals surface area contributed by atoms with Crippen LogP contribution in [0, 0.1) is 5.82 Å². The summed E-state index contributed by atoms with van der Waals surface area (Å²) >= 11 is 6.17. The molecule has 178 valence electrons. The highest BCUT2D eigenvalue weighted by molar-refractivity contribution is 6.33. The summed E-state index contributed by atoms with van der Waals surface area (Å²) in [6.45, 7) is 0. The van der Waals surface area contributed by atoms with Crippen LogP contribution in [-0.4, -0.2) is 18.9 Å². The second-order valence-corrected chi connectivity index (χ2v) is 8.53. The first-order valence-electron chi connectivity index (χ1n) is 11.2. The van der Waals surface area contributed by atoms with Gasteiger partial charge >= 0.3 is 0 Å². The van der Waals surface area contributed by atoms with Crippen molar-refractivity contribution in [2.24, 2.45) is 0 Å². The van der Waals surface area contributed by atoms with E-state index < -0.39 is 0 Å². The Hall–Kier alpha value is -4.42. The molecule has 0 saturated heterocycles. The number of hydrogen-bond donors (Lipinski definition) is 2. The summed E-state index contributed by atoms with van der Waals surface area (Å²) in [5.74, 6) is -0.636. The molecule has 7 heteroatoms. The highest BCUT2D eigenvalue weighted by Gasteiger charge is 2.22. The van der Waals surface area contributed by atoms with Gasteiger partial charge in [-0.3, -0.25) is 9.59 Å². The van der Waals surface area contributed by atoms with Gasteiger partial charge in [0, 0.05) is 23.6 Å². The van der Waals surface area contributed by atoms with Gasteiger partial charge in [0.1, 0.15) is 17.2 Å². The predicted molar refractivity (Wildman–Crippen MR) is 140 cm³/mol. The Balaban J connectivity index is 1.55. The Bertz CT molecular complexity index is 1610. The van der Waals surface area contributed by atoms with Crippen molar-refractivity contribution in [1.82, 2.24) is 5.32 Å². The van der Waals surface area contributed by atoms with E-state index in [0.29, 0.717) is 44.1 Å². The van der Waals surface area contributed by atoms with Gasteiger partial charge in [-0.05, 0) is 71.8 Å². The molecule has 0 spiro atoms. The summed E-state index contributed by atoms with van der Waals surface area (Å²) < 4.78 is 19.5. The van der Waals surface area contributed by atoms with Gasteiger partial charge in [0.05, 0.1) is 16.3 Å². The lowest BCUT2D eigenvalue weighted by atomic mass is 9.99. The maximum Gasteiger partial charge on any atom is 0.255 e. The third-order valence-electron chi connectivity index (χ3n) is 5.83. The molecule has 0 fully saturated rings. The molecular weight excluding hydrogens is 479 g/mol. The number of hydrogen-bond acceptors (Lipinski definition) is 3. The number of nitrogens with one attached hydrogen (secondary N) is 2. The van der Waals surface area contributed by atoms with Crippen molar-refractivity contribution >= 4 is 40.1 Å². The molecule has 36 heavy (non-hydrogen) atoms. The molecular formula is C29H20ClFN2O3. The van der Waals surface area contributed by atoms with Crippen LogP contribution in [0.1, 0.15) is 20.7 Å². The minimum absolute atomic E-state index is 0.293. The summed E-state index contributed by atoms with van der Waals surface area (Å²) in [6, 6.07) is 25.5. The highest BCUT2D eigenvalue weighted by atomic mass is 35.5. The molecule has 0 aliphatic rings. The van der Waals surface area contributed by atoms with Gasteiger partial charge in [-0.15, -0.1) is 0 Å². The van der Waals surface area contributed by atoms with E-state index in [4.69, 9.17) is 16.0 Å². The van der Waals surface area contributed by atoms with Crippen LogP contribution < -0.4 is 10.6 Å². The van der Waals surface area contributed by atoms with Crippen molar-refractivity contribution in [2.75, 3.05) is 12.4 Å². The first-order valence-corrected chi connectivity index (χ1v) is 11.5. The van der Waals surface area contributed by atoms with Gasteiger partial charge in [0.2, 0.25) is 0 Å². The molecule has 5 nitrogen and oxygen atoms in total. The van der Waals surface area contributed by atoms with E-state index in [1.807, 2.05) is 18.2 Å². The number of rotatable bonds is 5. The van der Waals surface area contributed by atoms with Crippen LogP contribution in [0.2, 0.25) is 5.02 Å². The molecule has 2 N–H and O–H groups in total. The second kappa shape index (κ2) is 9.68. The molecule has 2 amide bonds. The second-order valence-electron chi connectivity index (χ2n) is 8.12. The summed E-state index contributed by atoms with van der Waals surface area (Å²) in [5, 5.41) is 6.54. The van der Waals surface area contributed by atoms with Crippen LogP contribution in [0.4, 0.5) is 10.1 Å². The maximum atomic E-state index is 13.5. The topological polar surface area (TPSA) is 71.3 Å². The minimum atomic E-state index is -0.378. The first-order chi connectivity index (χ1) is 17.4. The highest BCUT2D eigenvalue weighted by Crippen LogP contribution is 2.36. The van der Waals surface area contributed by atoms with Crippen LogP contribution in [-0.2, 0) is 0 Å². The molecule has 5 rings (SSSR count). The van der Waals surface area contributed by atoms with Crippen molar-refractivity contribution in [3.8, 4) is 22.5 Å². The van der Waals surface area contributed by atoms with Gasteiger partial charge in [-0.1, -0.05) is 41.9 Å². The van der Waals surface area contributed by atoms with E-state index in [1.165, 1.54) is 12.1 Å². The minimum Gasteiger partial charge on any atom is -0.455 e. The lowest BCUT2D eigenvalue weighted by molar-refractivity contribution is 0.0963. The molecule has 0 saturated carbocycles. The monoisotopic (exact) mass is 498 g/mol. The van der Waals surface area contributed by atoms with Crippen LogP contribution >= 0.6 is 11.6 Å². The summed E-state index contributed by atoms with van der Waals surface area (Å²) in [7, 11) is 1.54. The smallest absolute Gasteiger partial charge is 0.255 e. The number of carbonyl (C=O) groups is 2. The van der Waals surface area contributed by atoms with Crippen molar-refractivity contribution in [1.29, 1.82) is 0 Å². The van der Waals surface area contributed by atoms with E-state index in [1.54, 1.807) is 67.7 Å². The van der Waals surface area contributed by atoms with Crippen molar-refractivity contribution in [2.45, 2.75) is 0 Å². The zero-order valence-electron chi connectivity index (χ0n) is 19.1. The van der Waals surface area contributed by atoms with E-state index in [9.17, 15) is 14.0 Å². The normalized spacial score (nSPS) is 10.9. The van der Waals surface area contributed by atoms with Crippen LogP contribution in [0.15, 0.2) is 95.4 Å². The maximum absolute atomic E-state index is 13.5. The molecule has 0 unspecified atom stereocenters. The van der Waals surface area contributed by atoms with Crippen molar-refractivity contribution in [3.05, 3.63) is 113 Å². The standard InChI is InChI=1S/C29H20ClFN2O3/c1-32-29(35)26-22-16-19(11-14-25(22)36-27(26)17-9-12-21(31)13-10-17)18-5-4-6-20(15-18)28(34)33-24-8-3-2-7-23(24)30/h2-16H,1H3,(H,32,35)(H,33,34). The van der Waals surface area contributed by atoms with Gasteiger partial charge in [-0.2, -0.15) is 0 Å². The number of fused-ring (bicyclic) bond motifs is 1. The first kappa shape index (κ1) is 23.3. The summed E-state index contributed by atoms with van der Waals surface area (Å²) in [5.41, 5.74) is 4.03. The van der Waals surface area contributed by atoms with E-state index in [2.05, 4.69) is 10.6 Å². The third kappa shape index (κ3) is 4.46. The summed E-state index contributed by atoms with van der Waals surface area (Å²) in [4.78, 5) is 25.7. The fourth-order valence-corrected chi connectivity index (χ4v) is 4.21. The average molecular weight is 499 g/mol. The molecule has 0 atom stereocenters. The zero-order chi connectivity index (χ0) is 25.2. The molecule has 1 heterocycles. The number of benzene rings is 4. The number of amides is 2. The van der Waals surface area contributed by atoms with Gasteiger partial charge < -0.3 is 15.1 Å². The van der Waals surface area contributed by atoms with Gasteiger partial charge in [-0.25, -0.2) is 4.39 Å². The van der Waals surface area contributed by atoms with E-state index in [0.717, 1.165) is 11.1 Å². The molecule has 0 bridgehead atoms. The number of halogens is 2. The molecule has 5 aromatic rings. The van der Waals surface area contributed by atoms with Gasteiger partial charge in [0.15, 0.2) is 0 Å². The molecule has 1 aromatic heterocycles. The predicted octanol–water partition coefficient (Wildman–Crippen LogP) is 7.17. The Morgan fingerprint density at radius 3 is 2.28 bits per heavy atom. The molecule has 0 aliphatic carbocycles. The lowest BCUT2D eigenvalue weighted by Crippen LogP contribution is -2.18. The van der Waals surface area contributed by atoms with Crippen molar-refractivity contribution in [3.63, 3.8) is 0 Å².